The van der Waals surface area contributed by atoms with E-state index in [0.717, 1.165) is 21.9 Å². The fourth-order valence-corrected chi connectivity index (χ4v) is 8.54. The van der Waals surface area contributed by atoms with E-state index in [-0.39, 0.29) is 0 Å². The Morgan fingerprint density at radius 1 is 0.216 bits per heavy atom. The Labute approximate surface area is 294 Å². The number of hydrogen-bond acceptors (Lipinski definition) is 1. The molecule has 10 aromatic carbocycles. The van der Waals surface area contributed by atoms with E-state index in [1.807, 2.05) is 0 Å². The van der Waals surface area contributed by atoms with E-state index in [0.29, 0.717) is 0 Å². The third-order valence-electron chi connectivity index (χ3n) is 10.8. The van der Waals surface area contributed by atoms with Crippen LogP contribution < -0.4 is 0 Å². The standard InChI is InChI=1S/C50H30O/c1-2-12-31(13-3-1)32-22-24-33(25-23-32)49-39-18-8-10-20-41(39)50(42-21-11-9-19-40(42)49)34-26-27-47-45(28-34)46-29-43-37-16-6-4-14-35(37)36-15-5-7-17-38(36)44(43)30-48(46)51-47/h1-30H. The van der Waals surface area contributed by atoms with Crippen LogP contribution >= 0.6 is 0 Å². The van der Waals surface area contributed by atoms with Gasteiger partial charge in [-0.15, -0.1) is 0 Å². The zero-order valence-electron chi connectivity index (χ0n) is 27.7. The van der Waals surface area contributed by atoms with Crippen LogP contribution in [0.1, 0.15) is 0 Å². The average Bonchev–Trinajstić information content (AvgIpc) is 3.56. The summed E-state index contributed by atoms with van der Waals surface area (Å²) in [7, 11) is 0. The van der Waals surface area contributed by atoms with E-state index in [4.69, 9.17) is 4.42 Å². The third kappa shape index (κ3) is 4.22. The van der Waals surface area contributed by atoms with E-state index < -0.39 is 0 Å². The van der Waals surface area contributed by atoms with Crippen LogP contribution in [0.15, 0.2) is 186 Å². The number of furan rings is 1. The lowest BCUT2D eigenvalue weighted by Crippen LogP contribution is -1.91. The van der Waals surface area contributed by atoms with Crippen LogP contribution in [-0.2, 0) is 0 Å². The van der Waals surface area contributed by atoms with Gasteiger partial charge in [0, 0.05) is 10.8 Å². The van der Waals surface area contributed by atoms with Crippen molar-refractivity contribution in [3.63, 3.8) is 0 Å². The first-order valence-corrected chi connectivity index (χ1v) is 17.6. The van der Waals surface area contributed by atoms with Crippen LogP contribution in [0.3, 0.4) is 0 Å². The highest BCUT2D eigenvalue weighted by atomic mass is 16.3. The maximum absolute atomic E-state index is 6.61. The quantitative estimate of drug-likeness (QED) is 0.138. The molecule has 1 heteroatoms. The van der Waals surface area contributed by atoms with Crippen LogP contribution in [0, 0.1) is 0 Å². The Kier molecular flexibility index (Phi) is 6.02. The summed E-state index contributed by atoms with van der Waals surface area (Å²) in [6.07, 6.45) is 0. The molecule has 0 bridgehead atoms. The molecule has 0 aliphatic rings. The zero-order valence-corrected chi connectivity index (χ0v) is 27.7. The van der Waals surface area contributed by atoms with Crippen LogP contribution in [0.25, 0.3) is 109 Å². The fraction of sp³-hybridized carbons (Fsp3) is 0. The average molecular weight is 647 g/mol. The summed E-state index contributed by atoms with van der Waals surface area (Å²) in [4.78, 5) is 0. The molecular weight excluding hydrogens is 617 g/mol. The summed E-state index contributed by atoms with van der Waals surface area (Å²) in [5, 5.41) is 14.8. The van der Waals surface area contributed by atoms with Crippen LogP contribution in [0.4, 0.5) is 0 Å². The topological polar surface area (TPSA) is 13.1 Å². The van der Waals surface area contributed by atoms with Crippen molar-refractivity contribution in [2.45, 2.75) is 0 Å². The summed E-state index contributed by atoms with van der Waals surface area (Å²) >= 11 is 0. The van der Waals surface area contributed by atoms with Crippen LogP contribution in [-0.4, -0.2) is 0 Å². The first-order chi connectivity index (χ1) is 25.3. The molecule has 0 N–H and O–H groups in total. The predicted molar refractivity (Wildman–Crippen MR) is 218 cm³/mol. The van der Waals surface area contributed by atoms with E-state index in [9.17, 15) is 0 Å². The minimum atomic E-state index is 0.904. The van der Waals surface area contributed by atoms with Crippen molar-refractivity contribution in [1.82, 2.24) is 0 Å². The van der Waals surface area contributed by atoms with E-state index in [1.54, 1.807) is 0 Å². The van der Waals surface area contributed by atoms with Gasteiger partial charge in [0.15, 0.2) is 0 Å². The van der Waals surface area contributed by atoms with Gasteiger partial charge in [-0.3, -0.25) is 0 Å². The molecule has 0 aliphatic carbocycles. The van der Waals surface area contributed by atoms with Gasteiger partial charge in [0.1, 0.15) is 11.2 Å². The molecule has 11 aromatic rings. The number of fused-ring (bicyclic) bond motifs is 11. The molecular formula is C50H30O. The number of hydrogen-bond donors (Lipinski definition) is 0. The molecule has 1 aromatic heterocycles. The molecule has 0 saturated heterocycles. The molecule has 0 spiro atoms. The van der Waals surface area contributed by atoms with Gasteiger partial charge in [-0.25, -0.2) is 0 Å². The van der Waals surface area contributed by atoms with Crippen molar-refractivity contribution in [3.8, 4) is 33.4 Å². The maximum Gasteiger partial charge on any atom is 0.136 e. The molecule has 0 fully saturated rings. The normalized spacial score (nSPS) is 11.9. The summed E-state index contributed by atoms with van der Waals surface area (Å²) in [5.41, 5.74) is 9.19. The number of benzene rings is 10. The summed E-state index contributed by atoms with van der Waals surface area (Å²) in [5.74, 6) is 0. The summed E-state index contributed by atoms with van der Waals surface area (Å²) < 4.78 is 6.61. The molecule has 0 amide bonds. The smallest absolute Gasteiger partial charge is 0.136 e. The second-order valence-electron chi connectivity index (χ2n) is 13.6. The molecule has 1 heterocycles. The van der Waals surface area contributed by atoms with Crippen molar-refractivity contribution in [2.75, 3.05) is 0 Å². The van der Waals surface area contributed by atoms with Crippen molar-refractivity contribution in [3.05, 3.63) is 182 Å². The van der Waals surface area contributed by atoms with Crippen LogP contribution in [0.2, 0.25) is 0 Å². The highest BCUT2D eigenvalue weighted by Crippen LogP contribution is 2.46. The Balaban J connectivity index is 1.16. The maximum atomic E-state index is 6.61. The van der Waals surface area contributed by atoms with Crippen molar-refractivity contribution >= 4 is 75.8 Å². The second kappa shape index (κ2) is 10.9. The Morgan fingerprint density at radius 3 is 1.18 bits per heavy atom. The van der Waals surface area contributed by atoms with Crippen molar-refractivity contribution in [1.29, 1.82) is 0 Å². The van der Waals surface area contributed by atoms with Gasteiger partial charge < -0.3 is 4.42 Å². The van der Waals surface area contributed by atoms with Crippen molar-refractivity contribution < 1.29 is 4.42 Å². The molecule has 51 heavy (non-hydrogen) atoms. The lowest BCUT2D eigenvalue weighted by Gasteiger charge is -2.18. The monoisotopic (exact) mass is 646 g/mol. The predicted octanol–water partition coefficient (Wildman–Crippen LogP) is 14.4. The molecule has 0 radical (unpaired) electrons. The van der Waals surface area contributed by atoms with Crippen LogP contribution in [0.5, 0.6) is 0 Å². The highest BCUT2D eigenvalue weighted by molar-refractivity contribution is 6.28. The molecule has 0 aliphatic heterocycles. The Hall–Kier alpha value is -6.70. The lowest BCUT2D eigenvalue weighted by molar-refractivity contribution is 0.669. The van der Waals surface area contributed by atoms with Gasteiger partial charge >= 0.3 is 0 Å². The minimum Gasteiger partial charge on any atom is -0.456 e. The molecule has 0 unspecified atom stereocenters. The summed E-state index contributed by atoms with van der Waals surface area (Å²) in [6, 6.07) is 66.2. The Morgan fingerprint density at radius 2 is 0.608 bits per heavy atom. The molecule has 0 saturated carbocycles. The zero-order chi connectivity index (χ0) is 33.5. The van der Waals surface area contributed by atoms with E-state index >= 15 is 0 Å². The van der Waals surface area contributed by atoms with Gasteiger partial charge in [0.2, 0.25) is 0 Å². The van der Waals surface area contributed by atoms with Gasteiger partial charge in [0.05, 0.1) is 0 Å². The fourth-order valence-electron chi connectivity index (χ4n) is 8.54. The summed E-state index contributed by atoms with van der Waals surface area (Å²) in [6.45, 7) is 0. The van der Waals surface area contributed by atoms with Gasteiger partial charge in [-0.2, -0.15) is 0 Å². The largest absolute Gasteiger partial charge is 0.456 e. The molecule has 1 nitrogen and oxygen atoms in total. The molecule has 236 valence electrons. The number of rotatable bonds is 3. The third-order valence-corrected chi connectivity index (χ3v) is 10.8. The van der Waals surface area contributed by atoms with Crippen molar-refractivity contribution in [2.24, 2.45) is 0 Å². The van der Waals surface area contributed by atoms with Gasteiger partial charge in [0.25, 0.3) is 0 Å². The van der Waals surface area contributed by atoms with Gasteiger partial charge in [-0.05, 0) is 112 Å². The van der Waals surface area contributed by atoms with E-state index in [2.05, 4.69) is 182 Å². The lowest BCUT2D eigenvalue weighted by atomic mass is 9.85. The first-order valence-electron chi connectivity index (χ1n) is 17.6. The Bertz CT molecular complexity index is 3110. The highest BCUT2D eigenvalue weighted by Gasteiger charge is 2.19. The van der Waals surface area contributed by atoms with E-state index in [1.165, 1.54) is 87.2 Å². The first kappa shape index (κ1) is 28.2. The minimum absolute atomic E-state index is 0.904. The second-order valence-corrected chi connectivity index (χ2v) is 13.6. The molecule has 11 rings (SSSR count). The molecule has 0 atom stereocenters. The van der Waals surface area contributed by atoms with Gasteiger partial charge in [-0.1, -0.05) is 158 Å². The SMILES string of the molecule is c1ccc(-c2ccc(-c3c4ccccc4c(-c4ccc5oc6cc7c8ccccc8c8ccccc8c7cc6c5c4)c4ccccc34)cc2)cc1.